The Morgan fingerprint density at radius 3 is 2.67 bits per heavy atom. The molecule has 0 aliphatic carbocycles. The van der Waals surface area contributed by atoms with E-state index < -0.39 is 11.7 Å². The Hall–Kier alpha value is -1.81. The molecular formula is C17H23NO3. The van der Waals surface area contributed by atoms with Gasteiger partial charge in [0.2, 0.25) is 0 Å². The molecule has 0 bridgehead atoms. The van der Waals surface area contributed by atoms with Gasteiger partial charge in [0, 0.05) is 5.70 Å². The number of cyclic esters (lactones) is 1. The summed E-state index contributed by atoms with van der Waals surface area (Å²) in [5, 5.41) is 10.6. The molecule has 1 amide bonds. The van der Waals surface area contributed by atoms with E-state index in [1.54, 1.807) is 6.92 Å². The zero-order valence-electron chi connectivity index (χ0n) is 12.9. The average Bonchev–Trinajstić information content (AvgIpc) is 2.79. The van der Waals surface area contributed by atoms with E-state index in [2.05, 4.69) is 6.58 Å². The molecule has 0 radical (unpaired) electrons. The fourth-order valence-electron chi connectivity index (χ4n) is 2.40. The predicted molar refractivity (Wildman–Crippen MR) is 81.7 cm³/mol. The average molecular weight is 289 g/mol. The molecule has 1 N–H and O–H groups in total. The maximum Gasteiger partial charge on any atom is 0.414 e. The first-order valence-electron chi connectivity index (χ1n) is 7.25. The number of carbonyl (C=O) groups is 1. The second kappa shape index (κ2) is 5.90. The first-order valence-corrected chi connectivity index (χ1v) is 7.25. The quantitative estimate of drug-likeness (QED) is 0.906. The van der Waals surface area contributed by atoms with E-state index in [-0.39, 0.29) is 12.0 Å². The fourth-order valence-corrected chi connectivity index (χ4v) is 2.40. The molecule has 1 saturated heterocycles. The normalized spacial score (nSPS) is 21.3. The molecule has 0 spiro atoms. The topological polar surface area (TPSA) is 49.8 Å². The standard InChI is InChI=1S/C17H23NO3/c1-12(2)17(4,20)13(3)18-15(11-21-16(18)19)10-14-8-6-5-7-9-14/h5-9,12,15,20H,3,10-11H2,1-2,4H3. The molecular weight excluding hydrogens is 266 g/mol. The van der Waals surface area contributed by atoms with Crippen molar-refractivity contribution < 1.29 is 14.6 Å². The van der Waals surface area contributed by atoms with Gasteiger partial charge >= 0.3 is 6.09 Å². The van der Waals surface area contributed by atoms with E-state index in [9.17, 15) is 9.90 Å². The van der Waals surface area contributed by atoms with E-state index in [1.165, 1.54) is 4.90 Å². The van der Waals surface area contributed by atoms with Crippen molar-refractivity contribution in [3.63, 3.8) is 0 Å². The van der Waals surface area contributed by atoms with Crippen LogP contribution in [-0.4, -0.2) is 34.3 Å². The van der Waals surface area contributed by atoms with E-state index in [1.807, 2.05) is 44.2 Å². The summed E-state index contributed by atoms with van der Waals surface area (Å²) >= 11 is 0. The molecule has 1 aliphatic rings. The summed E-state index contributed by atoms with van der Waals surface area (Å²) in [6.07, 6.45) is 0.251. The maximum absolute atomic E-state index is 12.0. The summed E-state index contributed by atoms with van der Waals surface area (Å²) in [7, 11) is 0. The number of hydrogen-bond donors (Lipinski definition) is 1. The van der Waals surface area contributed by atoms with Crippen LogP contribution in [0.1, 0.15) is 26.3 Å². The summed E-state index contributed by atoms with van der Waals surface area (Å²) in [6, 6.07) is 9.80. The number of hydrogen-bond acceptors (Lipinski definition) is 3. The monoisotopic (exact) mass is 289 g/mol. The lowest BCUT2D eigenvalue weighted by atomic mass is 9.88. The second-order valence-corrected chi connectivity index (χ2v) is 6.04. The number of carbonyl (C=O) groups excluding carboxylic acids is 1. The molecule has 1 fully saturated rings. The van der Waals surface area contributed by atoms with Crippen LogP contribution in [0.25, 0.3) is 0 Å². The largest absolute Gasteiger partial charge is 0.447 e. The van der Waals surface area contributed by atoms with Crippen molar-refractivity contribution in [1.29, 1.82) is 0 Å². The second-order valence-electron chi connectivity index (χ2n) is 6.04. The SMILES string of the molecule is C=C(N1C(=O)OCC1Cc1ccccc1)C(C)(O)C(C)C. The lowest BCUT2D eigenvalue weighted by Crippen LogP contribution is -2.45. The number of ether oxygens (including phenoxy) is 1. The molecule has 114 valence electrons. The van der Waals surface area contributed by atoms with Gasteiger partial charge in [-0.3, -0.25) is 4.90 Å². The molecule has 2 atom stereocenters. The number of amides is 1. The minimum atomic E-state index is -1.14. The molecule has 0 aromatic heterocycles. The highest BCUT2D eigenvalue weighted by atomic mass is 16.6. The van der Waals surface area contributed by atoms with Gasteiger partial charge in [0.25, 0.3) is 0 Å². The van der Waals surface area contributed by atoms with Crippen LogP contribution >= 0.6 is 0 Å². The van der Waals surface area contributed by atoms with Crippen LogP contribution < -0.4 is 0 Å². The molecule has 2 unspecified atom stereocenters. The van der Waals surface area contributed by atoms with Crippen molar-refractivity contribution in [2.75, 3.05) is 6.61 Å². The first kappa shape index (κ1) is 15.6. The Bertz CT molecular complexity index is 522. The van der Waals surface area contributed by atoms with Gasteiger partial charge < -0.3 is 9.84 Å². The minimum Gasteiger partial charge on any atom is -0.447 e. The highest BCUT2D eigenvalue weighted by molar-refractivity contribution is 5.73. The highest BCUT2D eigenvalue weighted by Gasteiger charge is 2.42. The third-order valence-electron chi connectivity index (χ3n) is 4.27. The van der Waals surface area contributed by atoms with Gasteiger partial charge in [-0.25, -0.2) is 4.79 Å². The van der Waals surface area contributed by atoms with Gasteiger partial charge in [-0.1, -0.05) is 50.8 Å². The van der Waals surface area contributed by atoms with Crippen LogP contribution in [-0.2, 0) is 11.2 Å². The summed E-state index contributed by atoms with van der Waals surface area (Å²) in [4.78, 5) is 13.5. The Labute approximate surface area is 126 Å². The Morgan fingerprint density at radius 1 is 1.48 bits per heavy atom. The lowest BCUT2D eigenvalue weighted by Gasteiger charge is -2.36. The van der Waals surface area contributed by atoms with Crippen molar-refractivity contribution >= 4 is 6.09 Å². The van der Waals surface area contributed by atoms with Gasteiger partial charge in [-0.2, -0.15) is 0 Å². The van der Waals surface area contributed by atoms with Gasteiger partial charge in [0.05, 0.1) is 6.04 Å². The minimum absolute atomic E-state index is 0.0456. The number of benzene rings is 1. The zero-order valence-corrected chi connectivity index (χ0v) is 12.9. The fraction of sp³-hybridized carbons (Fsp3) is 0.471. The van der Waals surface area contributed by atoms with Crippen molar-refractivity contribution in [2.24, 2.45) is 5.92 Å². The maximum atomic E-state index is 12.0. The number of nitrogens with zero attached hydrogens (tertiary/aromatic N) is 1. The summed E-state index contributed by atoms with van der Waals surface area (Å²) in [6.45, 7) is 9.76. The molecule has 1 aliphatic heterocycles. The molecule has 1 aromatic carbocycles. The van der Waals surface area contributed by atoms with Gasteiger partial charge in [0.15, 0.2) is 0 Å². The van der Waals surface area contributed by atoms with Gasteiger partial charge in [0.1, 0.15) is 12.2 Å². The Morgan fingerprint density at radius 2 is 2.10 bits per heavy atom. The van der Waals surface area contributed by atoms with Crippen molar-refractivity contribution in [3.05, 3.63) is 48.2 Å². The summed E-state index contributed by atoms with van der Waals surface area (Å²) in [5.74, 6) is -0.0456. The summed E-state index contributed by atoms with van der Waals surface area (Å²) < 4.78 is 5.16. The molecule has 21 heavy (non-hydrogen) atoms. The Kier molecular flexibility index (Phi) is 4.37. The van der Waals surface area contributed by atoms with Crippen LogP contribution in [0.2, 0.25) is 0 Å². The van der Waals surface area contributed by atoms with E-state index in [0.29, 0.717) is 18.7 Å². The van der Waals surface area contributed by atoms with Gasteiger partial charge in [-0.05, 0) is 24.8 Å². The molecule has 2 rings (SSSR count). The van der Waals surface area contributed by atoms with Crippen molar-refractivity contribution in [2.45, 2.75) is 38.8 Å². The highest BCUT2D eigenvalue weighted by Crippen LogP contribution is 2.32. The molecule has 0 saturated carbocycles. The molecule has 1 aromatic rings. The first-order chi connectivity index (χ1) is 9.84. The third kappa shape index (κ3) is 3.10. The molecule has 4 nitrogen and oxygen atoms in total. The Balaban J connectivity index is 2.19. The van der Waals surface area contributed by atoms with Crippen molar-refractivity contribution in [1.82, 2.24) is 4.90 Å². The smallest absolute Gasteiger partial charge is 0.414 e. The van der Waals surface area contributed by atoms with Crippen LogP contribution in [0.3, 0.4) is 0 Å². The van der Waals surface area contributed by atoms with Crippen LogP contribution in [0.4, 0.5) is 4.79 Å². The van der Waals surface area contributed by atoms with E-state index in [4.69, 9.17) is 4.74 Å². The summed E-state index contributed by atoms with van der Waals surface area (Å²) in [5.41, 5.74) is 0.391. The van der Waals surface area contributed by atoms with Crippen LogP contribution in [0.5, 0.6) is 0 Å². The van der Waals surface area contributed by atoms with Crippen LogP contribution in [0.15, 0.2) is 42.6 Å². The number of rotatable bonds is 5. The van der Waals surface area contributed by atoms with Gasteiger partial charge in [-0.15, -0.1) is 0 Å². The van der Waals surface area contributed by atoms with E-state index >= 15 is 0 Å². The molecule has 4 heteroatoms. The third-order valence-corrected chi connectivity index (χ3v) is 4.27. The molecule has 1 heterocycles. The van der Waals surface area contributed by atoms with E-state index in [0.717, 1.165) is 5.56 Å². The zero-order chi connectivity index (χ0) is 15.6. The number of aliphatic hydroxyl groups is 1. The predicted octanol–water partition coefficient (Wildman–Crippen LogP) is 2.97. The van der Waals surface area contributed by atoms with Crippen molar-refractivity contribution in [3.8, 4) is 0 Å². The van der Waals surface area contributed by atoms with Crippen LogP contribution in [0, 0.1) is 5.92 Å². The lowest BCUT2D eigenvalue weighted by molar-refractivity contribution is 0.0249.